The molecule has 0 aliphatic carbocycles. The molecule has 0 bridgehead atoms. The first kappa shape index (κ1) is 22.5. The summed E-state index contributed by atoms with van der Waals surface area (Å²) in [5, 5.41) is 11.4. The van der Waals surface area contributed by atoms with Gasteiger partial charge in [-0.1, -0.05) is 24.6 Å². The van der Waals surface area contributed by atoms with Crippen molar-refractivity contribution >= 4 is 34.7 Å². The second-order valence-corrected chi connectivity index (χ2v) is 7.79. The molecule has 1 amide bonds. The summed E-state index contributed by atoms with van der Waals surface area (Å²) in [6.07, 6.45) is 2.27. The molecule has 33 heavy (non-hydrogen) atoms. The molecule has 2 heterocycles. The number of rotatable bonds is 7. The van der Waals surface area contributed by atoms with Crippen LogP contribution in [0.4, 0.5) is 5.69 Å². The molecule has 1 aromatic heterocycles. The summed E-state index contributed by atoms with van der Waals surface area (Å²) in [5.41, 5.74) is 0.616. The number of nitrogens with zero attached hydrogens (tertiary/aromatic N) is 1. The Labute approximate surface area is 195 Å². The quantitative estimate of drug-likeness (QED) is 0.286. The number of furan rings is 1. The molecule has 0 radical (unpaired) electrons. The minimum atomic E-state index is -0.970. The zero-order valence-corrected chi connectivity index (χ0v) is 18.8. The minimum Gasteiger partial charge on any atom is -0.507 e. The molecule has 1 aliphatic rings. The predicted octanol–water partition coefficient (Wildman–Crippen LogP) is 5.36. The average Bonchev–Trinajstić information content (AvgIpc) is 3.44. The zero-order valence-electron chi connectivity index (χ0n) is 18.1. The van der Waals surface area contributed by atoms with Crippen LogP contribution in [-0.4, -0.2) is 30.5 Å². The smallest absolute Gasteiger partial charge is 0.300 e. The Kier molecular flexibility index (Phi) is 6.42. The number of amides is 1. The fourth-order valence-electron chi connectivity index (χ4n) is 3.73. The number of ether oxygens (including phenoxy) is 2. The number of halogens is 1. The van der Waals surface area contributed by atoms with Crippen molar-refractivity contribution in [1.29, 1.82) is 0 Å². The lowest BCUT2D eigenvalue weighted by atomic mass is 9.99. The number of hydrogen-bond donors (Lipinski definition) is 1. The van der Waals surface area contributed by atoms with Crippen molar-refractivity contribution in [3.63, 3.8) is 0 Å². The van der Waals surface area contributed by atoms with Crippen LogP contribution in [0.5, 0.6) is 11.5 Å². The van der Waals surface area contributed by atoms with E-state index in [9.17, 15) is 14.7 Å². The molecule has 4 rings (SSSR count). The van der Waals surface area contributed by atoms with Crippen LogP contribution in [0.1, 0.15) is 30.7 Å². The number of hydrogen-bond acceptors (Lipinski definition) is 6. The van der Waals surface area contributed by atoms with Crippen molar-refractivity contribution in [2.75, 3.05) is 18.6 Å². The van der Waals surface area contributed by atoms with Crippen molar-refractivity contribution in [1.82, 2.24) is 0 Å². The van der Waals surface area contributed by atoms with Gasteiger partial charge in [0.1, 0.15) is 29.1 Å². The number of Topliss-reactive ketones (excluding diaryl/α,β-unsaturated/α-hetero) is 1. The van der Waals surface area contributed by atoms with Gasteiger partial charge in [0.15, 0.2) is 0 Å². The third kappa shape index (κ3) is 4.19. The Bertz CT molecular complexity index is 1220. The van der Waals surface area contributed by atoms with Crippen LogP contribution in [0, 0.1) is 0 Å². The van der Waals surface area contributed by atoms with Gasteiger partial charge in [0.2, 0.25) is 0 Å². The van der Waals surface area contributed by atoms with E-state index < -0.39 is 17.7 Å². The molecule has 170 valence electrons. The van der Waals surface area contributed by atoms with E-state index in [2.05, 4.69) is 0 Å². The SMILES string of the molecule is CCCOc1cccc(N2C(=O)C(=O)/C(=C(\O)c3ccc(OC)c(Cl)c3)C2c2ccco2)c1. The molecular formula is C25H22ClNO6. The summed E-state index contributed by atoms with van der Waals surface area (Å²) in [4.78, 5) is 27.6. The molecule has 8 heteroatoms. The van der Waals surface area contributed by atoms with Crippen LogP contribution < -0.4 is 14.4 Å². The van der Waals surface area contributed by atoms with E-state index in [0.29, 0.717) is 29.6 Å². The Morgan fingerprint density at radius 3 is 2.64 bits per heavy atom. The second-order valence-electron chi connectivity index (χ2n) is 7.38. The highest BCUT2D eigenvalue weighted by atomic mass is 35.5. The molecule has 1 N–H and O–H groups in total. The monoisotopic (exact) mass is 467 g/mol. The summed E-state index contributed by atoms with van der Waals surface area (Å²) in [6, 6.07) is 13.8. The number of carbonyl (C=O) groups excluding carboxylic acids is 2. The summed E-state index contributed by atoms with van der Waals surface area (Å²) in [6.45, 7) is 2.51. The normalized spacial score (nSPS) is 17.4. The van der Waals surface area contributed by atoms with Crippen LogP contribution in [0.3, 0.4) is 0 Å². The van der Waals surface area contributed by atoms with Gasteiger partial charge >= 0.3 is 0 Å². The Balaban J connectivity index is 1.85. The van der Waals surface area contributed by atoms with E-state index in [-0.39, 0.29) is 21.9 Å². The van der Waals surface area contributed by atoms with Gasteiger partial charge in [-0.25, -0.2) is 0 Å². The minimum absolute atomic E-state index is 0.101. The highest BCUT2D eigenvalue weighted by molar-refractivity contribution is 6.51. The lowest BCUT2D eigenvalue weighted by molar-refractivity contribution is -0.132. The standard InChI is InChI=1S/C25H22ClNO6/c1-3-11-32-17-7-4-6-16(14-17)27-22(20-8-5-12-33-20)21(24(29)25(27)30)23(28)15-9-10-19(31-2)18(26)13-15/h4-10,12-14,22,28H,3,11H2,1-2H3/b23-21-. The third-order valence-corrected chi connectivity index (χ3v) is 5.55. The molecule has 0 saturated carbocycles. The lowest BCUT2D eigenvalue weighted by Crippen LogP contribution is -2.29. The van der Waals surface area contributed by atoms with Crippen LogP contribution in [-0.2, 0) is 9.59 Å². The van der Waals surface area contributed by atoms with Crippen molar-refractivity contribution in [2.24, 2.45) is 0 Å². The molecule has 1 unspecified atom stereocenters. The van der Waals surface area contributed by atoms with E-state index >= 15 is 0 Å². The van der Waals surface area contributed by atoms with Crippen LogP contribution in [0.15, 0.2) is 70.9 Å². The fourth-order valence-corrected chi connectivity index (χ4v) is 3.98. The second kappa shape index (κ2) is 9.42. The van der Waals surface area contributed by atoms with Gasteiger partial charge in [-0.15, -0.1) is 0 Å². The molecule has 3 aromatic rings. The van der Waals surface area contributed by atoms with E-state index in [4.69, 9.17) is 25.5 Å². The highest BCUT2D eigenvalue weighted by Crippen LogP contribution is 2.43. The zero-order chi connectivity index (χ0) is 23.5. The Morgan fingerprint density at radius 1 is 1.15 bits per heavy atom. The number of carbonyl (C=O) groups is 2. The maximum atomic E-state index is 13.2. The molecule has 1 saturated heterocycles. The number of aliphatic hydroxyl groups excluding tert-OH is 1. The molecule has 0 spiro atoms. The molecule has 1 aliphatic heterocycles. The molecule has 1 atom stereocenters. The van der Waals surface area contributed by atoms with Gasteiger partial charge < -0.3 is 19.0 Å². The summed E-state index contributed by atoms with van der Waals surface area (Å²) < 4.78 is 16.4. The number of aliphatic hydroxyl groups is 1. The summed E-state index contributed by atoms with van der Waals surface area (Å²) in [5.74, 6) is -0.669. The van der Waals surface area contributed by atoms with Crippen LogP contribution >= 0.6 is 11.6 Å². The first-order valence-corrected chi connectivity index (χ1v) is 10.7. The number of anilines is 1. The van der Waals surface area contributed by atoms with E-state index in [1.54, 1.807) is 48.5 Å². The van der Waals surface area contributed by atoms with Crippen molar-refractivity contribution in [3.05, 3.63) is 82.8 Å². The first-order valence-electron chi connectivity index (χ1n) is 10.4. The van der Waals surface area contributed by atoms with Gasteiger partial charge in [0.25, 0.3) is 11.7 Å². The van der Waals surface area contributed by atoms with Gasteiger partial charge in [-0.2, -0.15) is 0 Å². The first-order chi connectivity index (χ1) is 16.0. The Hall–Kier alpha value is -3.71. The predicted molar refractivity (Wildman–Crippen MR) is 124 cm³/mol. The third-order valence-electron chi connectivity index (χ3n) is 5.25. The van der Waals surface area contributed by atoms with Gasteiger partial charge in [0.05, 0.1) is 30.6 Å². The van der Waals surface area contributed by atoms with Crippen molar-refractivity contribution in [3.8, 4) is 11.5 Å². The van der Waals surface area contributed by atoms with Gasteiger partial charge in [-0.05, 0) is 48.9 Å². The van der Waals surface area contributed by atoms with Crippen LogP contribution in [0.25, 0.3) is 5.76 Å². The number of ketones is 1. The topological polar surface area (TPSA) is 89.2 Å². The van der Waals surface area contributed by atoms with E-state index in [1.165, 1.54) is 24.3 Å². The molecule has 7 nitrogen and oxygen atoms in total. The molecule has 2 aromatic carbocycles. The lowest BCUT2D eigenvalue weighted by Gasteiger charge is -2.24. The highest BCUT2D eigenvalue weighted by Gasteiger charge is 2.48. The number of benzene rings is 2. The largest absolute Gasteiger partial charge is 0.507 e. The number of methoxy groups -OCH3 is 1. The fraction of sp³-hybridized carbons (Fsp3) is 0.200. The Morgan fingerprint density at radius 2 is 1.97 bits per heavy atom. The van der Waals surface area contributed by atoms with Gasteiger partial charge in [0, 0.05) is 17.3 Å². The average molecular weight is 468 g/mol. The molecule has 1 fully saturated rings. The van der Waals surface area contributed by atoms with Gasteiger partial charge in [-0.3, -0.25) is 14.5 Å². The van der Waals surface area contributed by atoms with E-state index in [0.717, 1.165) is 6.42 Å². The van der Waals surface area contributed by atoms with Crippen molar-refractivity contribution in [2.45, 2.75) is 19.4 Å². The summed E-state index contributed by atoms with van der Waals surface area (Å²) in [7, 11) is 1.47. The van der Waals surface area contributed by atoms with Crippen molar-refractivity contribution < 1.29 is 28.6 Å². The van der Waals surface area contributed by atoms with E-state index in [1.807, 2.05) is 6.92 Å². The maximum Gasteiger partial charge on any atom is 0.300 e. The maximum absolute atomic E-state index is 13.2. The molecular weight excluding hydrogens is 446 g/mol. The van der Waals surface area contributed by atoms with Crippen LogP contribution in [0.2, 0.25) is 5.02 Å². The summed E-state index contributed by atoms with van der Waals surface area (Å²) >= 11 is 6.21.